The van der Waals surface area contributed by atoms with Gasteiger partial charge in [0, 0.05) is 18.8 Å². The van der Waals surface area contributed by atoms with Gasteiger partial charge in [-0.25, -0.2) is 5.01 Å². The van der Waals surface area contributed by atoms with E-state index in [0.29, 0.717) is 13.0 Å². The number of aromatic nitrogens is 2. The van der Waals surface area contributed by atoms with Crippen LogP contribution in [0.2, 0.25) is 0 Å². The highest BCUT2D eigenvalue weighted by molar-refractivity contribution is 6.13. The standard InChI is InChI=1S/C10H11N5O/c1-14-7-8(6-12-14)9-5-10(16)15(13-9)4-2-3-11/h6-7H,2,4-5H2,1H3. The zero-order valence-electron chi connectivity index (χ0n) is 8.92. The summed E-state index contributed by atoms with van der Waals surface area (Å²) in [5.74, 6) is -0.0610. The summed E-state index contributed by atoms with van der Waals surface area (Å²) >= 11 is 0. The number of amides is 1. The van der Waals surface area contributed by atoms with Crippen LogP contribution in [0.15, 0.2) is 17.5 Å². The van der Waals surface area contributed by atoms with Gasteiger partial charge >= 0.3 is 0 Å². The molecular weight excluding hydrogens is 206 g/mol. The quantitative estimate of drug-likeness (QED) is 0.729. The van der Waals surface area contributed by atoms with Crippen molar-refractivity contribution in [3.8, 4) is 6.07 Å². The van der Waals surface area contributed by atoms with Crippen LogP contribution in [-0.2, 0) is 11.8 Å². The highest BCUT2D eigenvalue weighted by atomic mass is 16.2. The number of hydrogen-bond donors (Lipinski definition) is 0. The summed E-state index contributed by atoms with van der Waals surface area (Å²) in [5, 5.41) is 18.0. The van der Waals surface area contributed by atoms with Crippen molar-refractivity contribution in [3.05, 3.63) is 18.0 Å². The van der Waals surface area contributed by atoms with E-state index in [-0.39, 0.29) is 12.3 Å². The maximum atomic E-state index is 11.5. The number of hydrogen-bond acceptors (Lipinski definition) is 4. The van der Waals surface area contributed by atoms with Crippen LogP contribution in [0.5, 0.6) is 0 Å². The largest absolute Gasteiger partial charge is 0.275 e. The molecule has 0 saturated heterocycles. The first-order chi connectivity index (χ1) is 7.70. The van der Waals surface area contributed by atoms with Gasteiger partial charge in [-0.05, 0) is 0 Å². The van der Waals surface area contributed by atoms with Crippen molar-refractivity contribution in [3.63, 3.8) is 0 Å². The van der Waals surface area contributed by atoms with Crippen LogP contribution in [0.3, 0.4) is 0 Å². The van der Waals surface area contributed by atoms with Crippen LogP contribution in [0.1, 0.15) is 18.4 Å². The van der Waals surface area contributed by atoms with Gasteiger partial charge in [-0.15, -0.1) is 0 Å². The van der Waals surface area contributed by atoms with E-state index in [4.69, 9.17) is 5.26 Å². The number of aryl methyl sites for hydroxylation is 1. The van der Waals surface area contributed by atoms with Crippen LogP contribution in [0.4, 0.5) is 0 Å². The second kappa shape index (κ2) is 4.14. The molecule has 0 atom stereocenters. The summed E-state index contributed by atoms with van der Waals surface area (Å²) in [6.45, 7) is 0.360. The molecule has 0 saturated carbocycles. The van der Waals surface area contributed by atoms with Crippen LogP contribution in [0.25, 0.3) is 0 Å². The first-order valence-corrected chi connectivity index (χ1v) is 4.94. The molecule has 0 radical (unpaired) electrons. The second-order valence-corrected chi connectivity index (χ2v) is 3.55. The number of hydrazone groups is 1. The van der Waals surface area contributed by atoms with Crippen LogP contribution < -0.4 is 0 Å². The SMILES string of the molecule is Cn1cc(C2=NN(CCC#N)C(=O)C2)cn1. The third-order valence-corrected chi connectivity index (χ3v) is 2.32. The topological polar surface area (TPSA) is 74.3 Å². The van der Waals surface area contributed by atoms with Gasteiger partial charge in [0.15, 0.2) is 0 Å². The molecule has 0 bridgehead atoms. The monoisotopic (exact) mass is 217 g/mol. The second-order valence-electron chi connectivity index (χ2n) is 3.55. The lowest BCUT2D eigenvalue weighted by atomic mass is 10.2. The van der Waals surface area contributed by atoms with E-state index >= 15 is 0 Å². The number of nitriles is 1. The zero-order valence-corrected chi connectivity index (χ0v) is 8.92. The molecule has 82 valence electrons. The van der Waals surface area contributed by atoms with Gasteiger partial charge in [0.1, 0.15) is 0 Å². The van der Waals surface area contributed by atoms with E-state index in [9.17, 15) is 4.79 Å². The summed E-state index contributed by atoms with van der Waals surface area (Å²) < 4.78 is 1.67. The fourth-order valence-corrected chi connectivity index (χ4v) is 1.53. The van der Waals surface area contributed by atoms with Crippen molar-refractivity contribution >= 4 is 11.6 Å². The van der Waals surface area contributed by atoms with Gasteiger partial charge in [-0.1, -0.05) is 0 Å². The molecule has 0 aliphatic carbocycles. The molecule has 2 rings (SSSR count). The molecule has 0 aromatic carbocycles. The number of carbonyl (C=O) groups is 1. The van der Waals surface area contributed by atoms with E-state index in [1.165, 1.54) is 5.01 Å². The Morgan fingerprint density at radius 1 is 1.62 bits per heavy atom. The molecule has 0 spiro atoms. The fourth-order valence-electron chi connectivity index (χ4n) is 1.53. The van der Waals surface area contributed by atoms with E-state index in [1.54, 1.807) is 10.9 Å². The summed E-state index contributed by atoms with van der Waals surface area (Å²) in [6, 6.07) is 1.99. The molecule has 0 N–H and O–H groups in total. The minimum absolute atomic E-state index is 0.0610. The average Bonchev–Trinajstić information content (AvgIpc) is 2.82. The normalized spacial score (nSPS) is 15.1. The lowest BCUT2D eigenvalue weighted by molar-refractivity contribution is -0.128. The van der Waals surface area contributed by atoms with Gasteiger partial charge in [0.05, 0.1) is 37.4 Å². The van der Waals surface area contributed by atoms with Crippen LogP contribution >= 0.6 is 0 Å². The van der Waals surface area contributed by atoms with Crippen molar-refractivity contribution in [2.24, 2.45) is 12.1 Å². The first-order valence-electron chi connectivity index (χ1n) is 4.94. The Balaban J connectivity index is 2.13. The van der Waals surface area contributed by atoms with Crippen molar-refractivity contribution in [2.45, 2.75) is 12.8 Å². The molecule has 1 aromatic rings. The lowest BCUT2D eigenvalue weighted by Crippen LogP contribution is -2.21. The van der Waals surface area contributed by atoms with Crippen molar-refractivity contribution in [1.82, 2.24) is 14.8 Å². The van der Waals surface area contributed by atoms with E-state index < -0.39 is 0 Å². The van der Waals surface area contributed by atoms with E-state index in [0.717, 1.165) is 11.3 Å². The highest BCUT2D eigenvalue weighted by Gasteiger charge is 2.24. The minimum atomic E-state index is -0.0610. The van der Waals surface area contributed by atoms with Crippen molar-refractivity contribution < 1.29 is 4.79 Å². The maximum Gasteiger partial charge on any atom is 0.248 e. The fraction of sp³-hybridized carbons (Fsp3) is 0.400. The summed E-state index contributed by atoms with van der Waals surface area (Å²) in [7, 11) is 1.81. The Hall–Kier alpha value is -2.16. The average molecular weight is 217 g/mol. The third kappa shape index (κ3) is 1.93. The van der Waals surface area contributed by atoms with Crippen molar-refractivity contribution in [2.75, 3.05) is 6.54 Å². The Morgan fingerprint density at radius 3 is 3.06 bits per heavy atom. The molecule has 2 heterocycles. The summed E-state index contributed by atoms with van der Waals surface area (Å²) in [5.41, 5.74) is 1.58. The molecule has 0 fully saturated rings. The van der Waals surface area contributed by atoms with Crippen LogP contribution in [-0.4, -0.2) is 33.0 Å². The molecule has 1 aliphatic rings. The minimum Gasteiger partial charge on any atom is -0.275 e. The van der Waals surface area contributed by atoms with Gasteiger partial charge in [-0.3, -0.25) is 9.48 Å². The van der Waals surface area contributed by atoms with Gasteiger partial charge in [0.2, 0.25) is 5.91 Å². The molecule has 6 nitrogen and oxygen atoms in total. The Bertz CT molecular complexity index is 482. The Morgan fingerprint density at radius 2 is 2.44 bits per heavy atom. The number of carbonyl (C=O) groups excluding carboxylic acids is 1. The van der Waals surface area contributed by atoms with Gasteiger partial charge < -0.3 is 0 Å². The third-order valence-electron chi connectivity index (χ3n) is 2.32. The van der Waals surface area contributed by atoms with Gasteiger partial charge in [-0.2, -0.15) is 15.5 Å². The molecule has 1 aliphatic heterocycles. The zero-order chi connectivity index (χ0) is 11.5. The van der Waals surface area contributed by atoms with E-state index in [2.05, 4.69) is 10.2 Å². The maximum absolute atomic E-state index is 11.5. The predicted octanol–water partition coefficient (Wildman–Crippen LogP) is 0.270. The van der Waals surface area contributed by atoms with Crippen LogP contribution in [0, 0.1) is 11.3 Å². The molecule has 1 amide bonds. The molecule has 16 heavy (non-hydrogen) atoms. The Labute approximate surface area is 92.8 Å². The molecule has 1 aromatic heterocycles. The molecule has 0 unspecified atom stereocenters. The first kappa shape index (κ1) is 10.4. The van der Waals surface area contributed by atoms with Gasteiger partial charge in [0.25, 0.3) is 0 Å². The summed E-state index contributed by atoms with van der Waals surface area (Å²) in [6.07, 6.45) is 4.09. The lowest BCUT2D eigenvalue weighted by Gasteiger charge is -2.07. The predicted molar refractivity (Wildman–Crippen MR) is 56.3 cm³/mol. The Kier molecular flexibility index (Phi) is 2.68. The molecular formula is C10H11N5O. The number of rotatable bonds is 3. The number of nitrogens with zero attached hydrogens (tertiary/aromatic N) is 5. The van der Waals surface area contributed by atoms with E-state index in [1.807, 2.05) is 19.3 Å². The highest BCUT2D eigenvalue weighted by Crippen LogP contribution is 2.14. The smallest absolute Gasteiger partial charge is 0.248 e. The van der Waals surface area contributed by atoms with Crippen molar-refractivity contribution in [1.29, 1.82) is 5.26 Å². The molecule has 6 heteroatoms. The summed E-state index contributed by atoms with van der Waals surface area (Å²) in [4.78, 5) is 11.5.